The smallest absolute Gasteiger partial charge is 0.315 e. The van der Waals surface area contributed by atoms with Gasteiger partial charge in [0.15, 0.2) is 11.5 Å². The molecule has 2 aromatic rings. The molecular weight excluding hydrogens is 488 g/mol. The monoisotopic (exact) mass is 526 g/mol. The number of methoxy groups -OCH3 is 2. The van der Waals surface area contributed by atoms with E-state index >= 15 is 0 Å². The zero-order valence-corrected chi connectivity index (χ0v) is 22.6. The van der Waals surface area contributed by atoms with Gasteiger partial charge in [-0.15, -0.1) is 0 Å². The molecule has 4 N–H and O–H groups in total. The maximum atomic E-state index is 13.0. The topological polar surface area (TPSA) is 135 Å². The summed E-state index contributed by atoms with van der Waals surface area (Å²) in [5, 5.41) is 10.6. The van der Waals surface area contributed by atoms with Crippen LogP contribution >= 0.6 is 0 Å². The van der Waals surface area contributed by atoms with Gasteiger partial charge in [-0.1, -0.05) is 57.2 Å². The van der Waals surface area contributed by atoms with Crippen LogP contribution in [-0.4, -0.2) is 49.9 Å². The van der Waals surface area contributed by atoms with Gasteiger partial charge >= 0.3 is 6.03 Å². The minimum Gasteiger partial charge on any atom is -0.493 e. The fraction of sp³-hybridized carbons (Fsp3) is 0.429. The number of nitrogens with one attached hydrogen (secondary N) is 4. The molecule has 0 heterocycles. The molecule has 0 saturated heterocycles. The molecule has 0 bridgehead atoms. The molecule has 0 aromatic heterocycles. The van der Waals surface area contributed by atoms with Crippen LogP contribution in [0.3, 0.4) is 0 Å². The Kier molecular flexibility index (Phi) is 12.1. The molecule has 0 fully saturated rings. The van der Waals surface area contributed by atoms with Gasteiger partial charge in [0.05, 0.1) is 20.3 Å². The normalized spacial score (nSPS) is 12.2. The third kappa shape index (κ3) is 9.42. The first-order chi connectivity index (χ1) is 18.2. The van der Waals surface area contributed by atoms with Crippen molar-refractivity contribution in [2.24, 2.45) is 5.92 Å². The van der Waals surface area contributed by atoms with Crippen molar-refractivity contribution < 1.29 is 28.7 Å². The summed E-state index contributed by atoms with van der Waals surface area (Å²) in [5.41, 5.74) is 1.63. The highest BCUT2D eigenvalue weighted by molar-refractivity contribution is 6.38. The maximum Gasteiger partial charge on any atom is 0.315 e. The third-order valence-electron chi connectivity index (χ3n) is 5.79. The highest BCUT2D eigenvalue weighted by Crippen LogP contribution is 2.27. The molecule has 2 aromatic carbocycles. The van der Waals surface area contributed by atoms with Crippen LogP contribution in [0.5, 0.6) is 11.5 Å². The third-order valence-corrected chi connectivity index (χ3v) is 5.79. The van der Waals surface area contributed by atoms with Crippen molar-refractivity contribution >= 4 is 23.6 Å². The lowest BCUT2D eigenvalue weighted by atomic mass is 10.0. The van der Waals surface area contributed by atoms with E-state index in [0.29, 0.717) is 30.0 Å². The van der Waals surface area contributed by atoms with E-state index in [0.717, 1.165) is 5.56 Å². The number of urea groups is 1. The number of benzene rings is 2. The van der Waals surface area contributed by atoms with Gasteiger partial charge in [-0.2, -0.15) is 0 Å². The summed E-state index contributed by atoms with van der Waals surface area (Å²) < 4.78 is 10.5. The number of carbonyl (C=O) groups excluding carboxylic acids is 4. The van der Waals surface area contributed by atoms with Crippen molar-refractivity contribution in [3.8, 4) is 11.5 Å². The first kappa shape index (κ1) is 30.1. The van der Waals surface area contributed by atoms with E-state index in [4.69, 9.17) is 9.47 Å². The summed E-state index contributed by atoms with van der Waals surface area (Å²) in [6, 6.07) is 12.1. The van der Waals surface area contributed by atoms with Crippen LogP contribution in [0.4, 0.5) is 4.79 Å². The number of hydrogen-bond donors (Lipinski definition) is 4. The Morgan fingerprint density at radius 1 is 0.789 bits per heavy atom. The summed E-state index contributed by atoms with van der Waals surface area (Å²) in [4.78, 5) is 50.9. The number of rotatable bonds is 14. The van der Waals surface area contributed by atoms with Crippen molar-refractivity contribution in [2.75, 3.05) is 14.2 Å². The lowest BCUT2D eigenvalue weighted by Gasteiger charge is -2.23. The number of carbonyl (C=O) groups is 4. The number of amides is 4. The molecule has 0 aliphatic carbocycles. The Labute approximate surface area is 223 Å². The van der Waals surface area contributed by atoms with Crippen LogP contribution in [0.1, 0.15) is 44.7 Å². The summed E-state index contributed by atoms with van der Waals surface area (Å²) in [6.07, 6.45) is 0.573. The Bertz CT molecular complexity index is 1090. The minimum atomic E-state index is -1.03. The Hall–Kier alpha value is -4.08. The van der Waals surface area contributed by atoms with Gasteiger partial charge in [-0.3, -0.25) is 14.4 Å². The second kappa shape index (κ2) is 15.2. The van der Waals surface area contributed by atoms with E-state index in [2.05, 4.69) is 21.3 Å². The van der Waals surface area contributed by atoms with E-state index in [1.807, 2.05) is 44.2 Å². The lowest BCUT2D eigenvalue weighted by Crippen LogP contribution is -2.55. The zero-order valence-electron chi connectivity index (χ0n) is 22.6. The van der Waals surface area contributed by atoms with Crippen molar-refractivity contribution in [3.05, 3.63) is 59.7 Å². The zero-order chi connectivity index (χ0) is 28.1. The molecule has 4 amide bonds. The molecule has 0 spiro atoms. The molecule has 2 atom stereocenters. The summed E-state index contributed by atoms with van der Waals surface area (Å²) in [7, 11) is 3.03. The van der Waals surface area contributed by atoms with Gasteiger partial charge in [-0.25, -0.2) is 4.79 Å². The van der Waals surface area contributed by atoms with Crippen molar-refractivity contribution in [1.29, 1.82) is 0 Å². The summed E-state index contributed by atoms with van der Waals surface area (Å²) in [6.45, 7) is 5.94. The highest BCUT2D eigenvalue weighted by atomic mass is 16.5. The predicted octanol–water partition coefficient (Wildman–Crippen LogP) is 2.70. The predicted molar refractivity (Wildman–Crippen MR) is 144 cm³/mol. The molecule has 0 aliphatic heterocycles. The van der Waals surface area contributed by atoms with Gasteiger partial charge < -0.3 is 30.7 Å². The summed E-state index contributed by atoms with van der Waals surface area (Å²) in [5.74, 6) is -0.965. The van der Waals surface area contributed by atoms with Crippen LogP contribution in [0.25, 0.3) is 0 Å². The minimum absolute atomic E-state index is 0.0917. The van der Waals surface area contributed by atoms with Gasteiger partial charge in [0, 0.05) is 13.1 Å². The molecular formula is C28H38N4O6. The standard InChI is InChI=1S/C28H38N4O6/c1-6-21(25(33)27(35)29-17-20-12-13-23(37-4)24(15-20)38-5)31-26(34)22(14-18(2)3)32-28(36)30-16-19-10-8-7-9-11-19/h7-13,15,18,21-22H,6,14,16-17H2,1-5H3,(H,29,35)(H,31,34)(H2,30,32,36). The highest BCUT2D eigenvalue weighted by Gasteiger charge is 2.29. The fourth-order valence-electron chi connectivity index (χ4n) is 3.73. The molecule has 206 valence electrons. The van der Waals surface area contributed by atoms with Crippen LogP contribution in [-0.2, 0) is 27.5 Å². The Morgan fingerprint density at radius 3 is 2.05 bits per heavy atom. The summed E-state index contributed by atoms with van der Waals surface area (Å²) >= 11 is 0. The Morgan fingerprint density at radius 2 is 1.45 bits per heavy atom. The molecule has 0 saturated carbocycles. The fourth-order valence-corrected chi connectivity index (χ4v) is 3.73. The largest absolute Gasteiger partial charge is 0.493 e. The van der Waals surface area contributed by atoms with Crippen LogP contribution in [0, 0.1) is 5.92 Å². The first-order valence-electron chi connectivity index (χ1n) is 12.6. The molecule has 10 heteroatoms. The maximum absolute atomic E-state index is 13.0. The first-order valence-corrected chi connectivity index (χ1v) is 12.6. The number of Topliss-reactive ketones (excluding diaryl/α,β-unsaturated/α-hetero) is 1. The molecule has 2 unspecified atom stereocenters. The average molecular weight is 527 g/mol. The van der Waals surface area contributed by atoms with Crippen molar-refractivity contribution in [3.63, 3.8) is 0 Å². The quantitative estimate of drug-likeness (QED) is 0.280. The van der Waals surface area contributed by atoms with Crippen LogP contribution < -0.4 is 30.7 Å². The van der Waals surface area contributed by atoms with Crippen LogP contribution in [0.15, 0.2) is 48.5 Å². The lowest BCUT2D eigenvalue weighted by molar-refractivity contribution is -0.140. The molecule has 0 radical (unpaired) electrons. The second-order valence-electron chi connectivity index (χ2n) is 9.20. The van der Waals surface area contributed by atoms with E-state index < -0.39 is 35.7 Å². The Balaban J connectivity index is 1.96. The van der Waals surface area contributed by atoms with E-state index in [1.165, 1.54) is 14.2 Å². The van der Waals surface area contributed by atoms with Crippen molar-refractivity contribution in [2.45, 2.75) is 58.8 Å². The SMILES string of the molecule is CCC(NC(=O)C(CC(C)C)NC(=O)NCc1ccccc1)C(=O)C(=O)NCc1ccc(OC)c(OC)c1. The second-order valence-corrected chi connectivity index (χ2v) is 9.20. The van der Waals surface area contributed by atoms with Gasteiger partial charge in [0.2, 0.25) is 11.7 Å². The average Bonchev–Trinajstić information content (AvgIpc) is 2.92. The molecule has 38 heavy (non-hydrogen) atoms. The van der Waals surface area contributed by atoms with Gasteiger partial charge in [-0.05, 0) is 42.0 Å². The molecule has 0 aliphatic rings. The number of ether oxygens (including phenoxy) is 2. The number of ketones is 1. The molecule has 10 nitrogen and oxygen atoms in total. The van der Waals surface area contributed by atoms with Gasteiger partial charge in [0.1, 0.15) is 6.04 Å². The molecule has 2 rings (SSSR count). The van der Waals surface area contributed by atoms with Crippen molar-refractivity contribution in [1.82, 2.24) is 21.3 Å². The number of hydrogen-bond acceptors (Lipinski definition) is 6. The van der Waals surface area contributed by atoms with Gasteiger partial charge in [0.25, 0.3) is 5.91 Å². The van der Waals surface area contributed by atoms with Crippen LogP contribution in [0.2, 0.25) is 0 Å². The van der Waals surface area contributed by atoms with E-state index in [1.54, 1.807) is 25.1 Å². The van der Waals surface area contributed by atoms with E-state index in [9.17, 15) is 19.2 Å². The van der Waals surface area contributed by atoms with E-state index in [-0.39, 0.29) is 18.9 Å².